The first-order chi connectivity index (χ1) is 13.1. The van der Waals surface area contributed by atoms with Crippen LogP contribution < -0.4 is 0 Å². The van der Waals surface area contributed by atoms with Crippen LogP contribution in [0.3, 0.4) is 0 Å². The zero-order valence-electron chi connectivity index (χ0n) is 14.5. The largest absolute Gasteiger partial charge is 0.464 e. The average molecular weight is 423 g/mol. The number of nitrogens with zero attached hydrogens (tertiary/aromatic N) is 1. The van der Waals surface area contributed by atoms with Crippen molar-refractivity contribution in [3.05, 3.63) is 64.7 Å². The van der Waals surface area contributed by atoms with E-state index in [4.69, 9.17) is 0 Å². The summed E-state index contributed by atoms with van der Waals surface area (Å²) in [6, 6.07) is 3.95. The molecule has 1 atom stereocenters. The summed E-state index contributed by atoms with van der Waals surface area (Å²) in [5, 5.41) is -1.15. The molecule has 0 aliphatic heterocycles. The van der Waals surface area contributed by atoms with Gasteiger partial charge in [-0.3, -0.25) is 0 Å². The number of hydrogen-bond donors (Lipinski definition) is 0. The lowest BCUT2D eigenvalue weighted by Gasteiger charge is -2.19. The maximum absolute atomic E-state index is 14.3. The van der Waals surface area contributed by atoms with Crippen molar-refractivity contribution in [2.24, 2.45) is 0 Å². The lowest BCUT2D eigenvalue weighted by atomic mass is 10.0. The topological polar surface area (TPSA) is 39.2 Å². The quantitative estimate of drug-likeness (QED) is 0.257. The number of rotatable bonds is 7. The predicted molar refractivity (Wildman–Crippen MR) is 91.5 cm³/mol. The van der Waals surface area contributed by atoms with Crippen molar-refractivity contribution in [2.45, 2.75) is 24.3 Å². The second kappa shape index (κ2) is 9.31. The number of esters is 1. The second-order valence-electron chi connectivity index (χ2n) is 5.69. The molecule has 0 spiro atoms. The monoisotopic (exact) mass is 423 g/mol. The molecule has 0 saturated carbocycles. The third-order valence-electron chi connectivity index (χ3n) is 3.71. The van der Waals surface area contributed by atoms with Crippen LogP contribution in [0.15, 0.2) is 30.5 Å². The van der Waals surface area contributed by atoms with Gasteiger partial charge in [0.2, 0.25) is 0 Å². The first-order valence-electron chi connectivity index (χ1n) is 8.00. The van der Waals surface area contributed by atoms with Crippen molar-refractivity contribution in [1.82, 2.24) is 4.98 Å². The van der Waals surface area contributed by atoms with Gasteiger partial charge in [0.25, 0.3) is 0 Å². The fourth-order valence-electron chi connectivity index (χ4n) is 2.39. The number of halogens is 6. The van der Waals surface area contributed by atoms with Crippen molar-refractivity contribution in [2.75, 3.05) is 12.9 Å². The molecular weight excluding hydrogens is 408 g/mol. The number of ether oxygens (including phenoxy) is 1. The number of pyridine rings is 1. The van der Waals surface area contributed by atoms with Crippen molar-refractivity contribution < 1.29 is 35.9 Å². The minimum atomic E-state index is -4.35. The summed E-state index contributed by atoms with van der Waals surface area (Å²) in [6.45, 7) is 0. The van der Waals surface area contributed by atoms with Crippen LogP contribution >= 0.6 is 11.8 Å². The van der Waals surface area contributed by atoms with Gasteiger partial charge >= 0.3 is 12.1 Å². The van der Waals surface area contributed by atoms with Crippen LogP contribution in [0.2, 0.25) is 0 Å². The Hall–Kier alpha value is -2.23. The van der Waals surface area contributed by atoms with E-state index in [1.165, 1.54) is 12.1 Å². The molecule has 1 aromatic heterocycles. The van der Waals surface area contributed by atoms with E-state index in [2.05, 4.69) is 9.72 Å². The standard InChI is InChI=1S/C18H15F6NO2S/c1-27-17(26)13-6-3-10(9-25-13)16(28-8-2-7-18(22,23)24)14-11(19)4-5-12(20)15(14)21/h3-6,9,16H,2,7-8H2,1H3. The van der Waals surface area contributed by atoms with E-state index in [1.807, 2.05) is 0 Å². The van der Waals surface area contributed by atoms with Crippen LogP contribution in [0.5, 0.6) is 0 Å². The molecule has 0 aliphatic carbocycles. The smallest absolute Gasteiger partial charge is 0.389 e. The van der Waals surface area contributed by atoms with Gasteiger partial charge in [-0.2, -0.15) is 13.2 Å². The fourth-order valence-corrected chi connectivity index (χ4v) is 3.65. The summed E-state index contributed by atoms with van der Waals surface area (Å²) in [5.74, 6) is -4.56. The molecule has 1 aromatic carbocycles. The molecule has 3 nitrogen and oxygen atoms in total. The Morgan fingerprint density at radius 2 is 1.82 bits per heavy atom. The molecular formula is C18H15F6NO2S. The van der Waals surface area contributed by atoms with Gasteiger partial charge in [0.05, 0.1) is 12.4 Å². The average Bonchev–Trinajstić information content (AvgIpc) is 2.65. The van der Waals surface area contributed by atoms with E-state index in [0.717, 1.165) is 31.1 Å². The van der Waals surface area contributed by atoms with Gasteiger partial charge in [0.1, 0.15) is 11.5 Å². The summed E-state index contributed by atoms with van der Waals surface area (Å²) >= 11 is 0.823. The second-order valence-corrected chi connectivity index (χ2v) is 6.91. The third-order valence-corrected chi connectivity index (χ3v) is 5.08. The number of hydrogen-bond acceptors (Lipinski definition) is 4. The van der Waals surface area contributed by atoms with Crippen molar-refractivity contribution >= 4 is 17.7 Å². The van der Waals surface area contributed by atoms with E-state index in [9.17, 15) is 31.1 Å². The van der Waals surface area contributed by atoms with Crippen LogP contribution in [0.1, 0.15) is 39.7 Å². The summed E-state index contributed by atoms with van der Waals surface area (Å²) in [6.07, 6.45) is -4.54. The van der Waals surface area contributed by atoms with Crippen LogP contribution in [0.25, 0.3) is 0 Å². The summed E-state index contributed by atoms with van der Waals surface area (Å²) in [5.41, 5.74) is -0.482. The SMILES string of the molecule is COC(=O)c1ccc(C(SCCCC(F)(F)F)c2c(F)ccc(F)c2F)cn1. The van der Waals surface area contributed by atoms with E-state index in [-0.39, 0.29) is 23.4 Å². The van der Waals surface area contributed by atoms with Gasteiger partial charge in [0, 0.05) is 18.2 Å². The molecule has 1 unspecified atom stereocenters. The Morgan fingerprint density at radius 3 is 2.39 bits per heavy atom. The number of carbonyl (C=O) groups excluding carboxylic acids is 1. The molecule has 0 saturated heterocycles. The first kappa shape index (κ1) is 22.1. The van der Waals surface area contributed by atoms with Crippen LogP contribution in [0, 0.1) is 17.5 Å². The number of aromatic nitrogens is 1. The Bertz CT molecular complexity index is 826. The van der Waals surface area contributed by atoms with E-state index in [1.54, 1.807) is 0 Å². The Balaban J connectivity index is 2.34. The number of thioether (sulfide) groups is 1. The number of methoxy groups -OCH3 is 1. The lowest BCUT2D eigenvalue weighted by Crippen LogP contribution is -2.10. The predicted octanol–water partition coefficient (Wildman–Crippen LogP) is 5.45. The van der Waals surface area contributed by atoms with Gasteiger partial charge in [0.15, 0.2) is 11.6 Å². The van der Waals surface area contributed by atoms with E-state index >= 15 is 0 Å². The summed E-state index contributed by atoms with van der Waals surface area (Å²) in [4.78, 5) is 15.3. The Kier molecular flexibility index (Phi) is 7.34. The van der Waals surface area contributed by atoms with Crippen molar-refractivity contribution in [3.63, 3.8) is 0 Å². The molecule has 0 bridgehead atoms. The van der Waals surface area contributed by atoms with Crippen LogP contribution in [-0.2, 0) is 4.74 Å². The number of benzene rings is 1. The van der Waals surface area contributed by atoms with Gasteiger partial charge < -0.3 is 4.74 Å². The minimum Gasteiger partial charge on any atom is -0.464 e. The van der Waals surface area contributed by atoms with Gasteiger partial charge in [-0.15, -0.1) is 11.8 Å². The zero-order valence-corrected chi connectivity index (χ0v) is 15.3. The molecule has 0 fully saturated rings. The number of alkyl halides is 3. The maximum atomic E-state index is 14.3. The van der Waals surface area contributed by atoms with Crippen molar-refractivity contribution in [3.8, 4) is 0 Å². The third kappa shape index (κ3) is 5.63. The Morgan fingerprint density at radius 1 is 1.14 bits per heavy atom. The molecule has 28 heavy (non-hydrogen) atoms. The molecule has 0 N–H and O–H groups in total. The van der Waals surface area contributed by atoms with E-state index in [0.29, 0.717) is 6.07 Å². The van der Waals surface area contributed by atoms with Crippen molar-refractivity contribution in [1.29, 1.82) is 0 Å². The normalized spacial score (nSPS) is 12.7. The molecule has 152 valence electrons. The molecule has 10 heteroatoms. The lowest BCUT2D eigenvalue weighted by molar-refractivity contribution is -0.134. The van der Waals surface area contributed by atoms with Gasteiger partial charge in [-0.1, -0.05) is 6.07 Å². The van der Waals surface area contributed by atoms with Crippen LogP contribution in [0.4, 0.5) is 26.3 Å². The number of carbonyl (C=O) groups is 1. The van der Waals surface area contributed by atoms with Gasteiger partial charge in [-0.05, 0) is 35.9 Å². The molecule has 1 heterocycles. The molecule has 2 rings (SSSR count). The molecule has 2 aromatic rings. The summed E-state index contributed by atoms with van der Waals surface area (Å²) < 4.78 is 83.6. The maximum Gasteiger partial charge on any atom is 0.389 e. The highest BCUT2D eigenvalue weighted by atomic mass is 32.2. The molecule has 0 amide bonds. The Labute approximate surface area is 161 Å². The zero-order chi connectivity index (χ0) is 20.9. The summed E-state index contributed by atoms with van der Waals surface area (Å²) in [7, 11) is 1.15. The first-order valence-corrected chi connectivity index (χ1v) is 9.05. The fraction of sp³-hybridized carbons (Fsp3) is 0.333. The highest BCUT2D eigenvalue weighted by Gasteiger charge is 2.28. The van der Waals surface area contributed by atoms with Gasteiger partial charge in [-0.25, -0.2) is 22.9 Å². The molecule has 0 radical (unpaired) electrons. The van der Waals surface area contributed by atoms with Crippen LogP contribution in [-0.4, -0.2) is 30.0 Å². The van der Waals surface area contributed by atoms with E-state index < -0.39 is 46.8 Å². The molecule has 0 aliphatic rings. The highest BCUT2D eigenvalue weighted by Crippen LogP contribution is 2.39. The highest BCUT2D eigenvalue weighted by molar-refractivity contribution is 7.99. The minimum absolute atomic E-state index is 0.0627.